The molecule has 2 atom stereocenters. The van der Waals surface area contributed by atoms with Crippen molar-refractivity contribution >= 4 is 28.9 Å². The Morgan fingerprint density at radius 1 is 1.00 bits per heavy atom. The van der Waals surface area contributed by atoms with E-state index in [1.807, 2.05) is 32.9 Å². The number of carbonyl (C=O) groups excluding carboxylic acids is 3. The number of aromatic nitrogens is 2. The van der Waals surface area contributed by atoms with Crippen LogP contribution in [0.3, 0.4) is 0 Å². The normalized spacial score (nSPS) is 17.9. The van der Waals surface area contributed by atoms with E-state index in [-0.39, 0.29) is 24.4 Å². The minimum Gasteiger partial charge on any atom is -0.461 e. The van der Waals surface area contributed by atoms with E-state index in [9.17, 15) is 14.4 Å². The van der Waals surface area contributed by atoms with E-state index in [1.54, 1.807) is 31.2 Å². The van der Waals surface area contributed by atoms with Gasteiger partial charge in [0.2, 0.25) is 5.91 Å². The number of esters is 1. The van der Waals surface area contributed by atoms with Crippen LogP contribution < -0.4 is 0 Å². The summed E-state index contributed by atoms with van der Waals surface area (Å²) in [5.74, 6) is -0.892. The largest absolute Gasteiger partial charge is 0.461 e. The van der Waals surface area contributed by atoms with E-state index in [4.69, 9.17) is 14.2 Å². The standard InChI is InChI=1S/C40H50N4O6/c1-6-49-38(46)35-22-29(23-41-35)27-11-9-12-28(21-27)32-17-19-43(39(47)50-40(2,3)4)26-34(32)37(45)44(31-15-16-31)25-30-24-42(18-10-20-48-5)36-14-8-7-13-33(30)36/h7-9,11-14,21-24,31-32,34,41H,6,10,15-20,25-26H2,1-5H3/t32-,34+/m1/s1. The number of nitrogens with one attached hydrogen (secondary N) is 1. The first-order valence-electron chi connectivity index (χ1n) is 17.9. The van der Waals surface area contributed by atoms with Crippen molar-refractivity contribution < 1.29 is 28.6 Å². The third-order valence-electron chi connectivity index (χ3n) is 9.64. The van der Waals surface area contributed by atoms with Crippen molar-refractivity contribution in [3.63, 3.8) is 0 Å². The summed E-state index contributed by atoms with van der Waals surface area (Å²) in [7, 11) is 1.72. The van der Waals surface area contributed by atoms with Crippen LogP contribution in [0.4, 0.5) is 4.79 Å². The monoisotopic (exact) mass is 682 g/mol. The Labute approximate surface area is 294 Å². The van der Waals surface area contributed by atoms with Crippen LogP contribution in [0.15, 0.2) is 67.0 Å². The van der Waals surface area contributed by atoms with Gasteiger partial charge in [0.1, 0.15) is 11.3 Å². The van der Waals surface area contributed by atoms with Gasteiger partial charge in [0.05, 0.1) is 12.5 Å². The van der Waals surface area contributed by atoms with E-state index in [0.29, 0.717) is 38.4 Å². The van der Waals surface area contributed by atoms with Crippen molar-refractivity contribution in [3.05, 3.63) is 83.8 Å². The zero-order valence-electron chi connectivity index (χ0n) is 29.9. The average Bonchev–Trinajstić information content (AvgIpc) is 3.71. The summed E-state index contributed by atoms with van der Waals surface area (Å²) in [4.78, 5) is 47.4. The minimum absolute atomic E-state index is 0.0682. The Kier molecular flexibility index (Phi) is 10.7. The maximum absolute atomic E-state index is 14.9. The Bertz CT molecular complexity index is 1820. The predicted molar refractivity (Wildman–Crippen MR) is 193 cm³/mol. The van der Waals surface area contributed by atoms with Crippen LogP contribution in [0.25, 0.3) is 22.0 Å². The zero-order valence-corrected chi connectivity index (χ0v) is 29.9. The first-order valence-corrected chi connectivity index (χ1v) is 17.9. The van der Waals surface area contributed by atoms with Crippen LogP contribution in [0.2, 0.25) is 0 Å². The number of fused-ring (bicyclic) bond motifs is 1. The number of hydrogen-bond acceptors (Lipinski definition) is 6. The molecule has 0 unspecified atom stereocenters. The highest BCUT2D eigenvalue weighted by Gasteiger charge is 2.43. The molecule has 1 N–H and O–H groups in total. The van der Waals surface area contributed by atoms with Crippen LogP contribution in [-0.4, -0.2) is 82.4 Å². The number of para-hydroxylation sites is 1. The number of H-pyrrole nitrogens is 1. The summed E-state index contributed by atoms with van der Waals surface area (Å²) in [6, 6.07) is 18.5. The lowest BCUT2D eigenvalue weighted by Gasteiger charge is -2.40. The van der Waals surface area contributed by atoms with Crippen LogP contribution >= 0.6 is 0 Å². The lowest BCUT2D eigenvalue weighted by Crippen LogP contribution is -2.51. The molecule has 3 heterocycles. The maximum Gasteiger partial charge on any atom is 0.410 e. The van der Waals surface area contributed by atoms with Gasteiger partial charge in [-0.1, -0.05) is 42.5 Å². The number of rotatable bonds is 12. The van der Waals surface area contributed by atoms with Crippen LogP contribution in [0, 0.1) is 5.92 Å². The molecule has 1 saturated heterocycles. The van der Waals surface area contributed by atoms with Gasteiger partial charge >= 0.3 is 12.1 Å². The Morgan fingerprint density at radius 3 is 2.54 bits per heavy atom. The second kappa shape index (κ2) is 15.1. The molecular formula is C40H50N4O6. The van der Waals surface area contributed by atoms with Gasteiger partial charge in [-0.3, -0.25) is 4.79 Å². The number of amides is 2. The highest BCUT2D eigenvalue weighted by molar-refractivity contribution is 5.89. The lowest BCUT2D eigenvalue weighted by atomic mass is 9.79. The van der Waals surface area contributed by atoms with E-state index in [1.165, 1.54) is 0 Å². The summed E-state index contributed by atoms with van der Waals surface area (Å²) in [6.07, 6.45) is 7.07. The number of aryl methyl sites for hydroxylation is 1. The smallest absolute Gasteiger partial charge is 0.410 e. The van der Waals surface area contributed by atoms with Crippen molar-refractivity contribution in [2.75, 3.05) is 33.4 Å². The number of likely N-dealkylation sites (tertiary alicyclic amines) is 1. The fourth-order valence-electron chi connectivity index (χ4n) is 7.11. The molecule has 2 aliphatic rings. The Hall–Kier alpha value is -4.57. The van der Waals surface area contributed by atoms with E-state index >= 15 is 0 Å². The number of methoxy groups -OCH3 is 1. The number of benzene rings is 2. The molecule has 1 saturated carbocycles. The maximum atomic E-state index is 14.9. The zero-order chi connectivity index (χ0) is 35.4. The molecular weight excluding hydrogens is 632 g/mol. The summed E-state index contributed by atoms with van der Waals surface area (Å²) in [5, 5.41) is 1.15. The average molecular weight is 683 g/mol. The van der Waals surface area contributed by atoms with Crippen molar-refractivity contribution in [3.8, 4) is 11.1 Å². The molecule has 0 radical (unpaired) electrons. The van der Waals surface area contributed by atoms with E-state index in [0.717, 1.165) is 59.0 Å². The first kappa shape index (κ1) is 35.3. The molecule has 10 nitrogen and oxygen atoms in total. The van der Waals surface area contributed by atoms with Crippen molar-refractivity contribution in [1.29, 1.82) is 0 Å². The lowest BCUT2D eigenvalue weighted by molar-refractivity contribution is -0.139. The quantitative estimate of drug-likeness (QED) is 0.124. The summed E-state index contributed by atoms with van der Waals surface area (Å²) in [5.41, 5.74) is 4.88. The van der Waals surface area contributed by atoms with Gasteiger partial charge in [-0.25, -0.2) is 9.59 Å². The summed E-state index contributed by atoms with van der Waals surface area (Å²) >= 11 is 0. The molecule has 266 valence electrons. The number of nitrogens with zero attached hydrogens (tertiary/aromatic N) is 3. The van der Waals surface area contributed by atoms with Crippen LogP contribution in [-0.2, 0) is 32.1 Å². The van der Waals surface area contributed by atoms with Gasteiger partial charge in [0, 0.05) is 74.8 Å². The number of piperidine rings is 1. The van der Waals surface area contributed by atoms with E-state index < -0.39 is 23.6 Å². The molecule has 2 aromatic carbocycles. The first-order chi connectivity index (χ1) is 24.1. The Morgan fingerprint density at radius 2 is 1.80 bits per heavy atom. The molecule has 50 heavy (non-hydrogen) atoms. The van der Waals surface area contributed by atoms with Gasteiger partial charge in [0.25, 0.3) is 0 Å². The van der Waals surface area contributed by atoms with Crippen LogP contribution in [0.1, 0.15) is 80.9 Å². The SMILES string of the molecule is CCOC(=O)c1cc(-c2cccc([C@H]3CCN(C(=O)OC(C)(C)C)C[C@@H]3C(=O)N(Cc3cn(CCCOC)c4ccccc34)C3CC3)c2)c[nH]1. The molecule has 1 aliphatic carbocycles. The third-order valence-corrected chi connectivity index (χ3v) is 9.64. The van der Waals surface area contributed by atoms with Crippen molar-refractivity contribution in [2.45, 2.75) is 84.0 Å². The second-order valence-corrected chi connectivity index (χ2v) is 14.5. The molecule has 2 aromatic heterocycles. The van der Waals surface area contributed by atoms with Gasteiger partial charge in [-0.15, -0.1) is 0 Å². The molecule has 1 aliphatic heterocycles. The second-order valence-electron chi connectivity index (χ2n) is 14.5. The number of carbonyl (C=O) groups is 3. The van der Waals surface area contributed by atoms with Gasteiger partial charge in [-0.05, 0) is 88.1 Å². The molecule has 4 aromatic rings. The fourth-order valence-corrected chi connectivity index (χ4v) is 7.11. The highest BCUT2D eigenvalue weighted by Crippen LogP contribution is 2.40. The summed E-state index contributed by atoms with van der Waals surface area (Å²) in [6.45, 7) is 10.5. The number of aromatic amines is 1. The minimum atomic E-state index is -0.641. The third kappa shape index (κ3) is 8.07. The fraction of sp³-hybridized carbons (Fsp3) is 0.475. The predicted octanol–water partition coefficient (Wildman–Crippen LogP) is 7.38. The summed E-state index contributed by atoms with van der Waals surface area (Å²) < 4.78 is 18.5. The van der Waals surface area contributed by atoms with Crippen molar-refractivity contribution in [1.82, 2.24) is 19.4 Å². The molecule has 0 bridgehead atoms. The molecule has 2 fully saturated rings. The van der Waals surface area contributed by atoms with Gasteiger partial charge in [-0.2, -0.15) is 0 Å². The van der Waals surface area contributed by atoms with E-state index in [2.05, 4.69) is 57.0 Å². The number of ether oxygens (including phenoxy) is 3. The Balaban J connectivity index is 1.31. The topological polar surface area (TPSA) is 106 Å². The van der Waals surface area contributed by atoms with Crippen molar-refractivity contribution in [2.24, 2.45) is 5.92 Å². The van der Waals surface area contributed by atoms with Gasteiger partial charge < -0.3 is 33.6 Å². The van der Waals surface area contributed by atoms with Crippen LogP contribution in [0.5, 0.6) is 0 Å². The highest BCUT2D eigenvalue weighted by atomic mass is 16.6. The molecule has 10 heteroatoms. The molecule has 0 spiro atoms. The van der Waals surface area contributed by atoms with Gasteiger partial charge in [0.15, 0.2) is 0 Å². The number of hydrogen-bond donors (Lipinski definition) is 1. The molecule has 6 rings (SSSR count). The molecule has 2 amide bonds.